The van der Waals surface area contributed by atoms with Crippen molar-refractivity contribution in [1.82, 2.24) is 10.9 Å². The smallest absolute Gasteiger partial charge is 0.266 e. The standard InChI is InChI=1S/C34H33ClN6O4/c35-28-12-6-8-24(22-28)18-19-37-40-33(43)34(23-27-11-4-5-13-30(27)39-41-36)31(25-9-2-1-3-10-25)45-32(38-34)26-14-16-29(17-15-26)44-21-7-20-42/h1-6,8-17,22,31,37,42H,7,18-21,23H2,(H,40,43)/t31-,34-/m0/s1. The van der Waals surface area contributed by atoms with Gasteiger partial charge >= 0.3 is 0 Å². The number of amides is 1. The van der Waals surface area contributed by atoms with Crippen LogP contribution in [0.1, 0.15) is 34.8 Å². The van der Waals surface area contributed by atoms with Gasteiger partial charge in [0.25, 0.3) is 5.91 Å². The van der Waals surface area contributed by atoms with Crippen LogP contribution in [0.5, 0.6) is 5.75 Å². The third-order valence-corrected chi connectivity index (χ3v) is 7.60. The molecule has 230 valence electrons. The van der Waals surface area contributed by atoms with Gasteiger partial charge in [0.05, 0.1) is 6.61 Å². The Balaban J connectivity index is 1.50. The van der Waals surface area contributed by atoms with Crippen molar-refractivity contribution in [3.63, 3.8) is 0 Å². The van der Waals surface area contributed by atoms with Crippen LogP contribution in [0.3, 0.4) is 0 Å². The van der Waals surface area contributed by atoms with Crippen LogP contribution >= 0.6 is 11.6 Å². The van der Waals surface area contributed by atoms with Crippen LogP contribution in [0.2, 0.25) is 5.02 Å². The lowest BCUT2D eigenvalue weighted by atomic mass is 9.81. The molecule has 0 fully saturated rings. The average Bonchev–Trinajstić information content (AvgIpc) is 3.45. The molecule has 0 unspecified atom stereocenters. The summed E-state index contributed by atoms with van der Waals surface area (Å²) in [5.74, 6) is 0.528. The number of halogens is 1. The van der Waals surface area contributed by atoms with Gasteiger partial charge < -0.3 is 14.6 Å². The molecule has 4 aromatic rings. The molecule has 5 rings (SSSR count). The van der Waals surface area contributed by atoms with Gasteiger partial charge in [0.15, 0.2) is 11.6 Å². The molecule has 0 bridgehead atoms. The minimum absolute atomic E-state index is 0.0476. The van der Waals surface area contributed by atoms with Gasteiger partial charge in [-0.25, -0.2) is 10.4 Å². The van der Waals surface area contributed by atoms with Crippen LogP contribution in [-0.2, 0) is 22.4 Å². The molecule has 3 N–H and O–H groups in total. The highest BCUT2D eigenvalue weighted by Crippen LogP contribution is 2.43. The van der Waals surface area contributed by atoms with E-state index in [1.165, 1.54) is 0 Å². The molecule has 1 aliphatic heterocycles. The Morgan fingerprint density at radius 1 is 1.04 bits per heavy atom. The van der Waals surface area contributed by atoms with E-state index in [9.17, 15) is 10.3 Å². The number of hydrazine groups is 1. The van der Waals surface area contributed by atoms with Gasteiger partial charge in [0.2, 0.25) is 5.90 Å². The predicted octanol–water partition coefficient (Wildman–Crippen LogP) is 6.41. The highest BCUT2D eigenvalue weighted by atomic mass is 35.5. The van der Waals surface area contributed by atoms with E-state index in [4.69, 9.17) is 31.2 Å². The van der Waals surface area contributed by atoms with E-state index in [1.54, 1.807) is 24.3 Å². The van der Waals surface area contributed by atoms with Crippen molar-refractivity contribution in [1.29, 1.82) is 0 Å². The summed E-state index contributed by atoms with van der Waals surface area (Å²) in [6.07, 6.45) is 0.448. The summed E-state index contributed by atoms with van der Waals surface area (Å²) in [5.41, 5.74) is 17.2. The lowest BCUT2D eigenvalue weighted by Crippen LogP contribution is -2.54. The van der Waals surface area contributed by atoms with E-state index in [-0.39, 0.29) is 13.0 Å². The van der Waals surface area contributed by atoms with Gasteiger partial charge in [-0.2, -0.15) is 0 Å². The number of azide groups is 1. The molecule has 0 aromatic heterocycles. The van der Waals surface area contributed by atoms with Crippen LogP contribution in [-0.4, -0.2) is 42.2 Å². The van der Waals surface area contributed by atoms with Crippen molar-refractivity contribution in [2.45, 2.75) is 30.9 Å². The second-order valence-corrected chi connectivity index (χ2v) is 10.9. The van der Waals surface area contributed by atoms with Crippen LogP contribution < -0.4 is 15.6 Å². The Hall–Kier alpha value is -4.86. The number of nitrogens with one attached hydrogen (secondary N) is 2. The van der Waals surface area contributed by atoms with Crippen molar-refractivity contribution in [3.05, 3.63) is 141 Å². The first-order chi connectivity index (χ1) is 22.0. The topological polar surface area (TPSA) is 141 Å². The third kappa shape index (κ3) is 7.81. The molecule has 10 nitrogen and oxygen atoms in total. The number of aliphatic hydroxyl groups is 1. The largest absolute Gasteiger partial charge is 0.494 e. The summed E-state index contributed by atoms with van der Waals surface area (Å²) in [4.78, 5) is 22.3. The van der Waals surface area contributed by atoms with E-state index in [0.29, 0.717) is 59.5 Å². The van der Waals surface area contributed by atoms with Gasteiger partial charge in [0, 0.05) is 47.2 Å². The molecule has 1 aliphatic rings. The summed E-state index contributed by atoms with van der Waals surface area (Å²) < 4.78 is 12.2. The van der Waals surface area contributed by atoms with Crippen molar-refractivity contribution in [2.24, 2.45) is 10.1 Å². The van der Waals surface area contributed by atoms with E-state index in [1.807, 2.05) is 78.9 Å². The zero-order chi connectivity index (χ0) is 31.5. The molecular formula is C34H33ClN6O4. The quantitative estimate of drug-likeness (QED) is 0.0489. The van der Waals surface area contributed by atoms with Crippen molar-refractivity contribution in [3.8, 4) is 5.75 Å². The molecule has 1 heterocycles. The van der Waals surface area contributed by atoms with E-state index in [2.05, 4.69) is 20.9 Å². The zero-order valence-electron chi connectivity index (χ0n) is 24.5. The summed E-state index contributed by atoms with van der Waals surface area (Å²) in [5, 5.41) is 13.6. The maximum Gasteiger partial charge on any atom is 0.266 e. The Labute approximate surface area is 266 Å². The van der Waals surface area contributed by atoms with Crippen LogP contribution in [0.15, 0.2) is 113 Å². The first-order valence-corrected chi connectivity index (χ1v) is 15.0. The first-order valence-electron chi connectivity index (χ1n) is 14.6. The monoisotopic (exact) mass is 624 g/mol. The molecule has 1 amide bonds. The normalized spacial score (nSPS) is 17.1. The number of benzene rings is 4. The minimum atomic E-state index is -1.48. The van der Waals surface area contributed by atoms with Crippen LogP contribution in [0, 0.1) is 0 Å². The molecule has 2 atom stereocenters. The van der Waals surface area contributed by atoms with Gasteiger partial charge in [-0.15, -0.1) is 0 Å². The number of aliphatic hydroxyl groups excluding tert-OH is 1. The predicted molar refractivity (Wildman–Crippen MR) is 173 cm³/mol. The molecular weight excluding hydrogens is 592 g/mol. The second-order valence-electron chi connectivity index (χ2n) is 10.5. The highest BCUT2D eigenvalue weighted by Gasteiger charge is 2.53. The molecule has 45 heavy (non-hydrogen) atoms. The number of carbonyl (C=O) groups is 1. The highest BCUT2D eigenvalue weighted by molar-refractivity contribution is 6.30. The maximum atomic E-state index is 14.3. The van der Waals surface area contributed by atoms with Gasteiger partial charge in [-0.05, 0) is 65.0 Å². The fourth-order valence-electron chi connectivity index (χ4n) is 5.16. The lowest BCUT2D eigenvalue weighted by molar-refractivity contribution is -0.130. The maximum absolute atomic E-state index is 14.3. The molecule has 0 saturated carbocycles. The number of rotatable bonds is 14. The first kappa shape index (κ1) is 31.6. The van der Waals surface area contributed by atoms with E-state index in [0.717, 1.165) is 11.1 Å². The van der Waals surface area contributed by atoms with E-state index < -0.39 is 17.6 Å². The van der Waals surface area contributed by atoms with Crippen molar-refractivity contribution in [2.75, 3.05) is 19.8 Å². The molecule has 0 saturated heterocycles. The van der Waals surface area contributed by atoms with Gasteiger partial charge in [0.1, 0.15) is 5.75 Å². The summed E-state index contributed by atoms with van der Waals surface area (Å²) >= 11 is 6.14. The number of ether oxygens (including phenoxy) is 2. The molecule has 0 radical (unpaired) electrons. The molecule has 0 spiro atoms. The van der Waals surface area contributed by atoms with Gasteiger partial charge in [-0.1, -0.05) is 83.4 Å². The van der Waals surface area contributed by atoms with Crippen molar-refractivity contribution < 1.29 is 19.4 Å². The van der Waals surface area contributed by atoms with E-state index >= 15 is 0 Å². The number of hydrogen-bond acceptors (Lipinski definition) is 7. The SMILES string of the molecule is [N-]=[N+]=Nc1ccccc1C[C@]1(C(=O)NNCCc2cccc(Cl)c2)N=C(c2ccc(OCCCO)cc2)O[C@H]1c1ccccc1. The zero-order valence-corrected chi connectivity index (χ0v) is 25.2. The molecule has 4 aromatic carbocycles. The number of carbonyl (C=O) groups excluding carboxylic acids is 1. The molecule has 11 heteroatoms. The van der Waals surface area contributed by atoms with Crippen LogP contribution in [0.4, 0.5) is 5.69 Å². The van der Waals surface area contributed by atoms with Gasteiger partial charge in [-0.3, -0.25) is 10.2 Å². The van der Waals surface area contributed by atoms with Crippen molar-refractivity contribution >= 4 is 29.1 Å². The summed E-state index contributed by atoms with van der Waals surface area (Å²) in [6, 6.07) is 31.4. The third-order valence-electron chi connectivity index (χ3n) is 7.37. The summed E-state index contributed by atoms with van der Waals surface area (Å²) in [6.45, 7) is 0.885. The summed E-state index contributed by atoms with van der Waals surface area (Å²) in [7, 11) is 0. The average molecular weight is 625 g/mol. The number of hydrogen-bond donors (Lipinski definition) is 3. The molecule has 0 aliphatic carbocycles. The van der Waals surface area contributed by atoms with Crippen LogP contribution in [0.25, 0.3) is 10.4 Å². The number of nitrogens with zero attached hydrogens (tertiary/aromatic N) is 4. The Morgan fingerprint density at radius 3 is 2.58 bits per heavy atom. The Morgan fingerprint density at radius 2 is 1.82 bits per heavy atom. The lowest BCUT2D eigenvalue weighted by Gasteiger charge is -2.31. The minimum Gasteiger partial charge on any atom is -0.494 e. The fourth-order valence-corrected chi connectivity index (χ4v) is 5.37. The number of aliphatic imine (C=N–C) groups is 1. The second kappa shape index (κ2) is 15.2. The Bertz CT molecular complexity index is 1680. The Kier molecular flexibility index (Phi) is 10.7. The fraction of sp³-hybridized carbons (Fsp3) is 0.235.